The van der Waals surface area contributed by atoms with Crippen molar-refractivity contribution in [3.8, 4) is 6.01 Å². The van der Waals surface area contributed by atoms with Crippen LogP contribution in [0.3, 0.4) is 0 Å². The minimum absolute atomic E-state index is 0.0358. The Morgan fingerprint density at radius 3 is 2.62 bits per heavy atom. The third-order valence-electron chi connectivity index (χ3n) is 7.43. The fourth-order valence-electron chi connectivity index (χ4n) is 5.30. The normalized spacial score (nSPS) is 21.6. The Labute approximate surface area is 235 Å². The molecule has 40 heavy (non-hydrogen) atoms. The van der Waals surface area contributed by atoms with Crippen LogP contribution in [0.25, 0.3) is 10.8 Å². The molecule has 2 amide bonds. The van der Waals surface area contributed by atoms with E-state index in [1.54, 1.807) is 18.2 Å². The van der Waals surface area contributed by atoms with Gasteiger partial charge in [0.1, 0.15) is 18.5 Å². The monoisotopic (exact) mass is 571 g/mol. The highest BCUT2D eigenvalue weighted by molar-refractivity contribution is 6.37. The number of hydrogen-bond acceptors (Lipinski definition) is 8. The number of benzene rings is 2. The molecule has 3 atom stereocenters. The number of nitrogens with zero attached hydrogens (tertiary/aromatic N) is 5. The molecule has 0 radical (unpaired) electrons. The zero-order valence-corrected chi connectivity index (χ0v) is 22.9. The third-order valence-corrected chi connectivity index (χ3v) is 7.75. The van der Waals surface area contributed by atoms with Crippen molar-refractivity contribution in [2.24, 2.45) is 0 Å². The number of alkyl halides is 1. The number of anilines is 3. The van der Waals surface area contributed by atoms with Crippen molar-refractivity contribution in [3.63, 3.8) is 0 Å². The number of likely N-dealkylation sites (tertiary alicyclic amines) is 1. The van der Waals surface area contributed by atoms with Crippen LogP contribution in [0.15, 0.2) is 36.4 Å². The van der Waals surface area contributed by atoms with E-state index < -0.39 is 18.2 Å². The van der Waals surface area contributed by atoms with Gasteiger partial charge in [0.25, 0.3) is 5.91 Å². The average molecular weight is 572 g/mol. The van der Waals surface area contributed by atoms with Crippen LogP contribution in [-0.2, 0) is 0 Å². The van der Waals surface area contributed by atoms with E-state index in [2.05, 4.69) is 15.3 Å². The molecule has 212 valence electrons. The maximum absolute atomic E-state index is 13.9. The van der Waals surface area contributed by atoms with Crippen LogP contribution in [0, 0.1) is 0 Å². The topological polar surface area (TPSA) is 137 Å². The largest absolute Gasteiger partial charge is 0.465 e. The molecule has 2 aliphatic heterocycles. The van der Waals surface area contributed by atoms with Gasteiger partial charge in [-0.05, 0) is 37.9 Å². The number of nitrogens with two attached hydrogens (primary N) is 1. The number of aromatic nitrogens is 2. The Morgan fingerprint density at radius 2 is 1.95 bits per heavy atom. The molecule has 3 heterocycles. The summed E-state index contributed by atoms with van der Waals surface area (Å²) < 4.78 is 19.8. The lowest BCUT2D eigenvalue weighted by molar-refractivity contribution is 0.102. The van der Waals surface area contributed by atoms with Crippen molar-refractivity contribution in [1.29, 1.82) is 0 Å². The van der Waals surface area contributed by atoms with Crippen molar-refractivity contribution in [2.75, 3.05) is 55.8 Å². The van der Waals surface area contributed by atoms with Gasteiger partial charge < -0.3 is 30.7 Å². The molecule has 2 aromatic carbocycles. The Balaban J connectivity index is 1.48. The van der Waals surface area contributed by atoms with Gasteiger partial charge in [-0.15, -0.1) is 0 Å². The number of amides is 2. The smallest absolute Gasteiger partial charge is 0.407 e. The molecule has 0 aliphatic carbocycles. The molecule has 5 rings (SSSR count). The number of carbonyl (C=O) groups is 2. The molecule has 11 nitrogen and oxygen atoms in total. The number of hydrogen-bond donors (Lipinski definition) is 3. The molecule has 0 unspecified atom stereocenters. The molecule has 4 N–H and O–H groups in total. The first-order chi connectivity index (χ1) is 19.1. The van der Waals surface area contributed by atoms with Gasteiger partial charge >= 0.3 is 12.1 Å². The second kappa shape index (κ2) is 11.3. The van der Waals surface area contributed by atoms with Gasteiger partial charge in [0.2, 0.25) is 0 Å². The number of ether oxygens (including phenoxy) is 1. The Hall–Kier alpha value is -3.90. The highest BCUT2D eigenvalue weighted by Crippen LogP contribution is 2.33. The van der Waals surface area contributed by atoms with Crippen molar-refractivity contribution >= 4 is 51.6 Å². The van der Waals surface area contributed by atoms with Gasteiger partial charge in [-0.3, -0.25) is 9.69 Å². The summed E-state index contributed by atoms with van der Waals surface area (Å²) in [5, 5.41) is 14.3. The number of nitrogen functional groups attached to an aromatic ring is 1. The number of halogens is 2. The molecule has 13 heteroatoms. The van der Waals surface area contributed by atoms with Gasteiger partial charge in [0, 0.05) is 43.6 Å². The van der Waals surface area contributed by atoms with Gasteiger partial charge in [0.05, 0.1) is 10.7 Å². The van der Waals surface area contributed by atoms with Crippen molar-refractivity contribution in [3.05, 3.63) is 47.1 Å². The number of likely N-dealkylation sites (N-methyl/N-ethyl adjacent to an activating group) is 1. The highest BCUT2D eigenvalue weighted by Gasteiger charge is 2.33. The van der Waals surface area contributed by atoms with Crippen molar-refractivity contribution < 1.29 is 23.8 Å². The zero-order chi connectivity index (χ0) is 28.6. The average Bonchev–Trinajstić information content (AvgIpc) is 3.24. The van der Waals surface area contributed by atoms with E-state index in [9.17, 15) is 19.1 Å². The van der Waals surface area contributed by atoms with E-state index >= 15 is 0 Å². The van der Waals surface area contributed by atoms with E-state index in [0.29, 0.717) is 35.6 Å². The molecule has 2 saturated heterocycles. The van der Waals surface area contributed by atoms with Gasteiger partial charge in [-0.1, -0.05) is 35.9 Å². The van der Waals surface area contributed by atoms with Crippen LogP contribution in [0.5, 0.6) is 6.01 Å². The lowest BCUT2D eigenvalue weighted by atomic mass is 10.1. The summed E-state index contributed by atoms with van der Waals surface area (Å²) >= 11 is 6.45. The summed E-state index contributed by atoms with van der Waals surface area (Å²) in [6.45, 7) is 3.07. The van der Waals surface area contributed by atoms with Crippen LogP contribution in [0.4, 0.5) is 26.4 Å². The standard InChI is InChI=1S/C27H31ClFN7O4/c1-15-12-35(27(38)39)9-10-36(15)24-22(30)23(32-26(33-24)40-14-18-11-17(29)13-34(18)2)25(37)31-20-8-4-6-16-5-3-7-19(28)21(16)20/h3-8,15,17-18H,9-14,30H2,1-2H3,(H,31,37)(H,38,39)/t15-,17+,18-/m0/s1. The maximum Gasteiger partial charge on any atom is 0.407 e. The summed E-state index contributed by atoms with van der Waals surface area (Å²) in [6.07, 6.45) is -1.63. The first-order valence-electron chi connectivity index (χ1n) is 13.0. The predicted molar refractivity (Wildman–Crippen MR) is 151 cm³/mol. The van der Waals surface area contributed by atoms with E-state index in [-0.39, 0.29) is 55.0 Å². The van der Waals surface area contributed by atoms with Crippen molar-refractivity contribution in [1.82, 2.24) is 19.8 Å². The van der Waals surface area contributed by atoms with Gasteiger partial charge in [0.15, 0.2) is 11.5 Å². The first-order valence-corrected chi connectivity index (χ1v) is 13.4. The number of fused-ring (bicyclic) bond motifs is 1. The molecule has 2 fully saturated rings. The maximum atomic E-state index is 13.9. The lowest BCUT2D eigenvalue weighted by Gasteiger charge is -2.39. The molecule has 2 aliphatic rings. The van der Waals surface area contributed by atoms with Crippen LogP contribution in [-0.4, -0.2) is 95.0 Å². The van der Waals surface area contributed by atoms with Crippen LogP contribution in [0.1, 0.15) is 23.8 Å². The molecule has 0 saturated carbocycles. The quantitative estimate of drug-likeness (QED) is 0.404. The third kappa shape index (κ3) is 5.54. The van der Waals surface area contributed by atoms with E-state index in [4.69, 9.17) is 22.1 Å². The summed E-state index contributed by atoms with van der Waals surface area (Å²) in [5.41, 5.74) is 6.92. The predicted octanol–water partition coefficient (Wildman–Crippen LogP) is 3.73. The molecular weight excluding hydrogens is 541 g/mol. The Morgan fingerprint density at radius 1 is 1.20 bits per heavy atom. The van der Waals surface area contributed by atoms with Crippen LogP contribution >= 0.6 is 11.6 Å². The molecule has 0 spiro atoms. The van der Waals surface area contributed by atoms with E-state index in [1.807, 2.05) is 42.0 Å². The fraction of sp³-hybridized carbons (Fsp3) is 0.407. The van der Waals surface area contributed by atoms with E-state index in [1.165, 1.54) is 4.90 Å². The zero-order valence-electron chi connectivity index (χ0n) is 22.2. The first kappa shape index (κ1) is 27.7. The molecule has 0 bridgehead atoms. The molecule has 1 aromatic heterocycles. The highest BCUT2D eigenvalue weighted by atomic mass is 35.5. The van der Waals surface area contributed by atoms with Gasteiger partial charge in [-0.2, -0.15) is 9.97 Å². The lowest BCUT2D eigenvalue weighted by Crippen LogP contribution is -2.54. The minimum atomic E-state index is -1.01. The van der Waals surface area contributed by atoms with Gasteiger partial charge in [-0.25, -0.2) is 9.18 Å². The number of carbonyl (C=O) groups excluding carboxylic acids is 1. The van der Waals surface area contributed by atoms with Crippen molar-refractivity contribution in [2.45, 2.75) is 31.6 Å². The fourth-order valence-corrected chi connectivity index (χ4v) is 5.58. The minimum Gasteiger partial charge on any atom is -0.465 e. The van der Waals surface area contributed by atoms with Crippen LogP contribution in [0.2, 0.25) is 5.02 Å². The second-order valence-corrected chi connectivity index (χ2v) is 10.6. The summed E-state index contributed by atoms with van der Waals surface area (Å²) in [7, 11) is 1.82. The van der Waals surface area contributed by atoms with E-state index in [0.717, 1.165) is 5.39 Å². The Kier molecular flexibility index (Phi) is 7.81. The molecular formula is C27H31ClFN7O4. The second-order valence-electron chi connectivity index (χ2n) is 10.2. The van der Waals surface area contributed by atoms with Crippen LogP contribution < -0.4 is 20.7 Å². The number of carboxylic acid groups (broad SMARTS) is 1. The summed E-state index contributed by atoms with van der Waals surface area (Å²) in [4.78, 5) is 39.0. The SMILES string of the molecule is C[C@H]1CN(C(=O)O)CCN1c1nc(OC[C@@H]2C[C@@H](F)CN2C)nc(C(=O)Nc2cccc3cccc(Cl)c23)c1N. The molecule has 3 aromatic rings. The Bertz CT molecular complexity index is 1440. The number of nitrogens with one attached hydrogen (secondary N) is 1. The number of rotatable bonds is 6. The summed E-state index contributed by atoms with van der Waals surface area (Å²) in [6, 6.07) is 10.4. The summed E-state index contributed by atoms with van der Waals surface area (Å²) in [5.74, 6) is -0.316. The number of piperazine rings is 1.